The third-order valence-corrected chi connectivity index (χ3v) is 16.0. The Bertz CT molecular complexity index is 4140. The van der Waals surface area contributed by atoms with E-state index in [1.54, 1.807) is 0 Å². The zero-order chi connectivity index (χ0) is 47.0. The van der Waals surface area contributed by atoms with E-state index >= 15 is 0 Å². The van der Waals surface area contributed by atoms with Gasteiger partial charge in [-0.3, -0.25) is 0 Å². The summed E-state index contributed by atoms with van der Waals surface area (Å²) >= 11 is 0. The fraction of sp³-hybridized carbons (Fsp3) is 0.0290. The Hall–Kier alpha value is -9.31. The van der Waals surface area contributed by atoms with Gasteiger partial charge in [0.1, 0.15) is 0 Å². The topological polar surface area (TPSA) is 38.7 Å². The van der Waals surface area contributed by atoms with Crippen LogP contribution in [0, 0.1) is 0 Å². The Labute approximate surface area is 416 Å². The molecule has 0 saturated heterocycles. The van der Waals surface area contributed by atoms with Crippen molar-refractivity contribution >= 4 is 43.5 Å². The van der Waals surface area contributed by atoms with E-state index in [1.807, 2.05) is 0 Å². The molecular weight excluding hydrogens is 871 g/mol. The van der Waals surface area contributed by atoms with Crippen LogP contribution >= 0.6 is 0 Å². The second-order valence-electron chi connectivity index (χ2n) is 19.6. The molecule has 0 bridgehead atoms. The minimum atomic E-state index is 0.663. The van der Waals surface area contributed by atoms with Crippen LogP contribution in [-0.2, 0) is 0 Å². The summed E-state index contributed by atoms with van der Waals surface area (Å²) < 4.78 is 0. The van der Waals surface area contributed by atoms with Crippen LogP contribution in [0.5, 0.6) is 0 Å². The van der Waals surface area contributed by atoms with E-state index < -0.39 is 0 Å². The lowest BCUT2D eigenvalue weighted by Crippen LogP contribution is -2.04. The number of benzene rings is 11. The first-order valence-electron chi connectivity index (χ1n) is 25.0. The molecule has 4 aliphatic rings. The molecular formula is C69H41N3. The molecule has 4 aliphatic carbocycles. The average molecular weight is 912 g/mol. The highest BCUT2D eigenvalue weighted by Gasteiger charge is 2.26. The number of nitrogens with zero attached hydrogens (tertiary/aromatic N) is 3. The first-order chi connectivity index (χ1) is 35.7. The first-order valence-corrected chi connectivity index (χ1v) is 25.0. The van der Waals surface area contributed by atoms with Gasteiger partial charge in [-0.05, 0) is 151 Å². The number of rotatable bonds is 6. The SMILES string of the molecule is C1=C(c2nc(-c3ccc(-c4ccc5c6c(cccc46)-c4ccccc4-5)cc3)nc(-c3ccc(-c4ccc5c6c(cccc46)-c4ccccc4-5)cc3)n2)CCC(c2ccc3c4c(cccc24)-c2ccccc2-3)=C1. The number of hydrogen-bond acceptors (Lipinski definition) is 3. The fourth-order valence-electron chi connectivity index (χ4n) is 12.6. The quantitative estimate of drug-likeness (QED) is 0.167. The van der Waals surface area contributed by atoms with E-state index in [-0.39, 0.29) is 0 Å². The van der Waals surface area contributed by atoms with Gasteiger partial charge in [-0.2, -0.15) is 0 Å². The molecule has 0 amide bonds. The van der Waals surface area contributed by atoms with Gasteiger partial charge in [0, 0.05) is 11.1 Å². The number of fused-ring (bicyclic) bond motifs is 9. The molecule has 332 valence electrons. The highest BCUT2D eigenvalue weighted by atomic mass is 15.0. The van der Waals surface area contributed by atoms with Crippen molar-refractivity contribution in [2.75, 3.05) is 0 Å². The summed E-state index contributed by atoms with van der Waals surface area (Å²) in [6, 6.07) is 77.9. The summed E-state index contributed by atoms with van der Waals surface area (Å²) in [6.45, 7) is 0. The van der Waals surface area contributed by atoms with Crippen molar-refractivity contribution in [3.8, 4) is 112 Å². The average Bonchev–Trinajstić information content (AvgIpc) is 4.09. The zero-order valence-corrected chi connectivity index (χ0v) is 39.1. The van der Waals surface area contributed by atoms with Crippen molar-refractivity contribution in [2.24, 2.45) is 0 Å². The Morgan fingerprint density at radius 1 is 0.208 bits per heavy atom. The second-order valence-corrected chi connectivity index (χ2v) is 19.6. The minimum Gasteiger partial charge on any atom is -0.209 e. The Kier molecular flexibility index (Phi) is 8.29. The van der Waals surface area contributed by atoms with Gasteiger partial charge in [0.05, 0.1) is 0 Å². The van der Waals surface area contributed by atoms with Crippen LogP contribution < -0.4 is 0 Å². The van der Waals surface area contributed by atoms with Crippen LogP contribution in [0.1, 0.15) is 24.2 Å². The molecule has 1 aromatic heterocycles. The molecule has 0 saturated carbocycles. The summed E-state index contributed by atoms with van der Waals surface area (Å²) in [5, 5.41) is 7.86. The molecule has 72 heavy (non-hydrogen) atoms. The summed E-state index contributed by atoms with van der Waals surface area (Å²) in [7, 11) is 0. The molecule has 0 atom stereocenters. The molecule has 0 N–H and O–H groups in total. The van der Waals surface area contributed by atoms with Gasteiger partial charge < -0.3 is 0 Å². The maximum absolute atomic E-state index is 5.28. The molecule has 0 radical (unpaired) electrons. The van der Waals surface area contributed by atoms with Crippen molar-refractivity contribution in [3.05, 3.63) is 236 Å². The summed E-state index contributed by atoms with van der Waals surface area (Å²) in [5.41, 5.74) is 26.1. The third kappa shape index (κ3) is 5.70. The molecule has 1 heterocycles. The molecule has 16 rings (SSSR count). The van der Waals surface area contributed by atoms with E-state index in [1.165, 1.54) is 121 Å². The van der Waals surface area contributed by atoms with Crippen molar-refractivity contribution in [2.45, 2.75) is 12.8 Å². The maximum Gasteiger partial charge on any atom is 0.164 e. The molecule has 12 aromatic rings. The highest BCUT2D eigenvalue weighted by Crippen LogP contribution is 2.52. The molecule has 11 aromatic carbocycles. The maximum atomic E-state index is 5.28. The van der Waals surface area contributed by atoms with Gasteiger partial charge in [0.2, 0.25) is 0 Å². The van der Waals surface area contributed by atoms with Crippen LogP contribution in [0.3, 0.4) is 0 Å². The van der Waals surface area contributed by atoms with Gasteiger partial charge in [-0.25, -0.2) is 15.0 Å². The van der Waals surface area contributed by atoms with Gasteiger partial charge in [-0.15, -0.1) is 0 Å². The van der Waals surface area contributed by atoms with Crippen molar-refractivity contribution in [3.63, 3.8) is 0 Å². The van der Waals surface area contributed by atoms with Crippen LogP contribution in [0.25, 0.3) is 155 Å². The van der Waals surface area contributed by atoms with Crippen LogP contribution in [0.15, 0.2) is 224 Å². The van der Waals surface area contributed by atoms with Gasteiger partial charge >= 0.3 is 0 Å². The van der Waals surface area contributed by atoms with Crippen molar-refractivity contribution < 1.29 is 0 Å². The van der Waals surface area contributed by atoms with Crippen LogP contribution in [0.4, 0.5) is 0 Å². The first kappa shape index (κ1) is 39.5. The number of hydrogen-bond donors (Lipinski definition) is 0. The molecule has 3 nitrogen and oxygen atoms in total. The number of aromatic nitrogens is 3. The monoisotopic (exact) mass is 911 g/mol. The largest absolute Gasteiger partial charge is 0.209 e. The van der Waals surface area contributed by atoms with Crippen molar-refractivity contribution in [1.82, 2.24) is 15.0 Å². The summed E-state index contributed by atoms with van der Waals surface area (Å²) in [5.74, 6) is 2.04. The van der Waals surface area contributed by atoms with E-state index in [0.717, 1.165) is 40.7 Å². The predicted molar refractivity (Wildman–Crippen MR) is 299 cm³/mol. The molecule has 0 spiro atoms. The molecule has 0 aliphatic heterocycles. The molecule has 0 unspecified atom stereocenters. The number of allylic oxidation sites excluding steroid dienone is 4. The van der Waals surface area contributed by atoms with Crippen molar-refractivity contribution in [1.29, 1.82) is 0 Å². The van der Waals surface area contributed by atoms with E-state index in [2.05, 4.69) is 224 Å². The van der Waals surface area contributed by atoms with E-state index in [0.29, 0.717) is 17.5 Å². The lowest BCUT2D eigenvalue weighted by atomic mass is 9.88. The lowest BCUT2D eigenvalue weighted by molar-refractivity contribution is 0.985. The zero-order valence-electron chi connectivity index (χ0n) is 39.1. The molecule has 3 heteroatoms. The third-order valence-electron chi connectivity index (χ3n) is 16.0. The fourth-order valence-corrected chi connectivity index (χ4v) is 12.6. The minimum absolute atomic E-state index is 0.663. The Morgan fingerprint density at radius 3 is 0.889 bits per heavy atom. The second kappa shape index (κ2) is 15.1. The van der Waals surface area contributed by atoms with E-state index in [9.17, 15) is 0 Å². The standard InChI is InChI=1S/C69H41N3/c1-4-13-52-49(10-1)58-19-7-16-55-46(34-37-61(52)64(55)58)40-22-28-43(29-23-40)67-70-68(44-30-24-41(25-31-44)47-35-38-62-53-14-5-2-11-50(53)59-20-8-17-56(47)65(59)62)72-69(71-67)45-32-26-42(27-33-45)48-36-39-63-54-15-6-3-12-51(54)60-21-9-18-57(48)66(60)63/h1-26,28-32,34-39H,27,33H2. The van der Waals surface area contributed by atoms with Crippen LogP contribution in [-0.4, -0.2) is 15.0 Å². The normalized spacial score (nSPS) is 13.3. The van der Waals surface area contributed by atoms with Gasteiger partial charge in [0.25, 0.3) is 0 Å². The summed E-state index contributed by atoms with van der Waals surface area (Å²) in [4.78, 5) is 15.8. The predicted octanol–water partition coefficient (Wildman–Crippen LogP) is 18.2. The highest BCUT2D eigenvalue weighted by molar-refractivity contribution is 6.21. The Balaban J connectivity index is 0.788. The lowest BCUT2D eigenvalue weighted by Gasteiger charge is -2.18. The van der Waals surface area contributed by atoms with Crippen LogP contribution in [0.2, 0.25) is 0 Å². The van der Waals surface area contributed by atoms with Gasteiger partial charge in [0.15, 0.2) is 17.5 Å². The van der Waals surface area contributed by atoms with Gasteiger partial charge in [-0.1, -0.05) is 224 Å². The van der Waals surface area contributed by atoms with E-state index in [4.69, 9.17) is 15.0 Å². The Morgan fingerprint density at radius 2 is 0.500 bits per heavy atom. The molecule has 0 fully saturated rings. The summed E-state index contributed by atoms with van der Waals surface area (Å²) in [6.07, 6.45) is 6.24. The smallest absolute Gasteiger partial charge is 0.164 e.